The van der Waals surface area contributed by atoms with Crippen molar-refractivity contribution in [2.24, 2.45) is 0 Å². The van der Waals surface area contributed by atoms with Gasteiger partial charge in [0, 0.05) is 11.3 Å². The molecule has 0 aliphatic heterocycles. The summed E-state index contributed by atoms with van der Waals surface area (Å²) in [6, 6.07) is 6.40. The Morgan fingerprint density at radius 1 is 1.29 bits per heavy atom. The average molecular weight is 226 g/mol. The lowest BCUT2D eigenvalue weighted by molar-refractivity contribution is 0.112. The molecule has 0 unspecified atom stereocenters. The Bertz CT molecular complexity index is 584. The molecule has 1 aliphatic rings. The van der Waals surface area contributed by atoms with Crippen molar-refractivity contribution in [3.05, 3.63) is 40.6 Å². The largest absolute Gasteiger partial charge is 0.298 e. The molecule has 0 fully saturated rings. The van der Waals surface area contributed by atoms with Crippen LogP contribution in [-0.4, -0.2) is 16.5 Å². The van der Waals surface area contributed by atoms with Crippen LogP contribution >= 0.6 is 0 Å². The average Bonchev–Trinajstić information content (AvgIpc) is 2.93. The van der Waals surface area contributed by atoms with E-state index >= 15 is 0 Å². The van der Waals surface area contributed by atoms with Gasteiger partial charge in [0.15, 0.2) is 6.29 Å². The molecule has 1 N–H and O–H groups in total. The number of aryl methyl sites for hydroxylation is 3. The summed E-state index contributed by atoms with van der Waals surface area (Å²) < 4.78 is 0. The number of rotatable bonds is 2. The first-order chi connectivity index (χ1) is 8.29. The molecule has 0 bridgehead atoms. The van der Waals surface area contributed by atoms with Gasteiger partial charge in [-0.15, -0.1) is 0 Å². The highest BCUT2D eigenvalue weighted by Gasteiger charge is 2.15. The van der Waals surface area contributed by atoms with Crippen LogP contribution in [0.15, 0.2) is 18.2 Å². The second-order valence-corrected chi connectivity index (χ2v) is 4.57. The fraction of sp³-hybridized carbons (Fsp3) is 0.286. The molecule has 0 saturated carbocycles. The molecule has 3 nitrogen and oxygen atoms in total. The maximum Gasteiger partial charge on any atom is 0.154 e. The first kappa shape index (κ1) is 10.3. The fourth-order valence-corrected chi connectivity index (χ4v) is 2.52. The van der Waals surface area contributed by atoms with E-state index in [0.29, 0.717) is 5.56 Å². The minimum Gasteiger partial charge on any atom is -0.298 e. The van der Waals surface area contributed by atoms with Gasteiger partial charge >= 0.3 is 0 Å². The fourth-order valence-electron chi connectivity index (χ4n) is 2.52. The molecule has 1 aliphatic carbocycles. The van der Waals surface area contributed by atoms with E-state index in [0.717, 1.165) is 29.7 Å². The molecule has 1 aromatic heterocycles. The van der Waals surface area contributed by atoms with Crippen LogP contribution < -0.4 is 0 Å². The Hall–Kier alpha value is -1.90. The van der Waals surface area contributed by atoms with Gasteiger partial charge < -0.3 is 0 Å². The molecule has 2 aromatic rings. The van der Waals surface area contributed by atoms with Gasteiger partial charge in [-0.1, -0.05) is 12.1 Å². The highest BCUT2D eigenvalue weighted by Crippen LogP contribution is 2.29. The Morgan fingerprint density at radius 2 is 2.12 bits per heavy atom. The van der Waals surface area contributed by atoms with E-state index in [1.807, 2.05) is 6.92 Å². The molecular weight excluding hydrogens is 212 g/mol. The maximum absolute atomic E-state index is 11.1. The normalized spacial score (nSPS) is 13.7. The van der Waals surface area contributed by atoms with E-state index < -0.39 is 0 Å². The van der Waals surface area contributed by atoms with Crippen molar-refractivity contribution in [2.75, 3.05) is 0 Å². The first-order valence-corrected chi connectivity index (χ1v) is 5.92. The Morgan fingerprint density at radius 3 is 2.94 bits per heavy atom. The van der Waals surface area contributed by atoms with Crippen molar-refractivity contribution in [1.82, 2.24) is 10.2 Å². The molecule has 0 amide bonds. The number of nitrogens with one attached hydrogen (secondary N) is 1. The zero-order valence-electron chi connectivity index (χ0n) is 9.79. The first-order valence-electron chi connectivity index (χ1n) is 5.92. The summed E-state index contributed by atoms with van der Waals surface area (Å²) >= 11 is 0. The smallest absolute Gasteiger partial charge is 0.154 e. The lowest BCUT2D eigenvalue weighted by Crippen LogP contribution is -1.89. The molecule has 3 rings (SSSR count). The molecule has 0 radical (unpaired) electrons. The maximum atomic E-state index is 11.1. The SMILES string of the molecule is Cc1[nH]nc(-c2ccc3c(c2)CCC3)c1C=O. The Balaban J connectivity index is 2.12. The third-order valence-electron chi connectivity index (χ3n) is 3.48. The number of carbonyl (C=O) groups excluding carboxylic acids is 1. The molecule has 1 aromatic carbocycles. The van der Waals surface area contributed by atoms with Gasteiger partial charge in [-0.25, -0.2) is 0 Å². The van der Waals surface area contributed by atoms with Crippen LogP contribution in [0.4, 0.5) is 0 Å². The Kier molecular flexibility index (Phi) is 2.32. The molecule has 17 heavy (non-hydrogen) atoms. The number of nitrogens with zero attached hydrogens (tertiary/aromatic N) is 1. The molecule has 0 atom stereocenters. The number of benzene rings is 1. The molecule has 0 spiro atoms. The summed E-state index contributed by atoms with van der Waals surface area (Å²) in [5, 5.41) is 7.10. The van der Waals surface area contributed by atoms with Gasteiger partial charge in [0.25, 0.3) is 0 Å². The highest BCUT2D eigenvalue weighted by molar-refractivity contribution is 5.87. The van der Waals surface area contributed by atoms with Crippen molar-refractivity contribution in [2.45, 2.75) is 26.2 Å². The molecule has 86 valence electrons. The zero-order valence-corrected chi connectivity index (χ0v) is 9.79. The summed E-state index contributed by atoms with van der Waals surface area (Å²) in [6.07, 6.45) is 4.43. The van der Waals surface area contributed by atoms with Crippen LogP contribution in [0.1, 0.15) is 33.6 Å². The summed E-state index contributed by atoms with van der Waals surface area (Å²) in [7, 11) is 0. The summed E-state index contributed by atoms with van der Waals surface area (Å²) in [4.78, 5) is 11.1. The number of aromatic amines is 1. The van der Waals surface area contributed by atoms with Gasteiger partial charge in [0.1, 0.15) is 5.69 Å². The topological polar surface area (TPSA) is 45.8 Å². The number of aldehydes is 1. The minimum atomic E-state index is 0.669. The van der Waals surface area contributed by atoms with Crippen molar-refractivity contribution in [3.63, 3.8) is 0 Å². The van der Waals surface area contributed by atoms with Crippen LogP contribution in [0.3, 0.4) is 0 Å². The third-order valence-corrected chi connectivity index (χ3v) is 3.48. The van der Waals surface area contributed by atoms with Gasteiger partial charge in [0.2, 0.25) is 0 Å². The number of carbonyl (C=O) groups is 1. The lowest BCUT2D eigenvalue weighted by Gasteiger charge is -2.03. The minimum absolute atomic E-state index is 0.669. The number of hydrogen-bond acceptors (Lipinski definition) is 2. The predicted molar refractivity (Wildman–Crippen MR) is 66.2 cm³/mol. The van der Waals surface area contributed by atoms with Crippen LogP contribution in [0.5, 0.6) is 0 Å². The van der Waals surface area contributed by atoms with Crippen molar-refractivity contribution < 1.29 is 4.79 Å². The number of fused-ring (bicyclic) bond motifs is 1. The number of H-pyrrole nitrogens is 1. The lowest BCUT2D eigenvalue weighted by atomic mass is 10.0. The molecular formula is C14H14N2O. The Labute approximate surface area is 99.9 Å². The van der Waals surface area contributed by atoms with Crippen LogP contribution in [0.25, 0.3) is 11.3 Å². The summed E-state index contributed by atoms with van der Waals surface area (Å²) in [5.41, 5.74) is 6.15. The number of aromatic nitrogens is 2. The van der Waals surface area contributed by atoms with Gasteiger partial charge in [-0.3, -0.25) is 9.89 Å². The van der Waals surface area contributed by atoms with E-state index in [1.54, 1.807) is 0 Å². The highest BCUT2D eigenvalue weighted by atomic mass is 16.1. The molecule has 3 heteroatoms. The van der Waals surface area contributed by atoms with E-state index in [4.69, 9.17) is 0 Å². The second-order valence-electron chi connectivity index (χ2n) is 4.57. The molecule has 0 saturated heterocycles. The van der Waals surface area contributed by atoms with Crippen LogP contribution in [-0.2, 0) is 12.8 Å². The monoisotopic (exact) mass is 226 g/mol. The van der Waals surface area contributed by atoms with E-state index in [9.17, 15) is 4.79 Å². The molecule has 1 heterocycles. The summed E-state index contributed by atoms with van der Waals surface area (Å²) in [5.74, 6) is 0. The van der Waals surface area contributed by atoms with Gasteiger partial charge in [-0.2, -0.15) is 5.10 Å². The standard InChI is InChI=1S/C14H14N2O/c1-9-13(8-17)14(16-15-9)12-6-5-10-3-2-4-11(10)7-12/h5-8H,2-4H2,1H3,(H,15,16). The third kappa shape index (κ3) is 1.58. The van der Waals surface area contributed by atoms with Crippen LogP contribution in [0.2, 0.25) is 0 Å². The van der Waals surface area contributed by atoms with Gasteiger partial charge in [0.05, 0.1) is 5.56 Å². The zero-order chi connectivity index (χ0) is 11.8. The van der Waals surface area contributed by atoms with Crippen molar-refractivity contribution in [3.8, 4) is 11.3 Å². The summed E-state index contributed by atoms with van der Waals surface area (Å²) in [6.45, 7) is 1.87. The van der Waals surface area contributed by atoms with Crippen LogP contribution in [0, 0.1) is 6.92 Å². The van der Waals surface area contributed by atoms with E-state index in [-0.39, 0.29) is 0 Å². The van der Waals surface area contributed by atoms with E-state index in [2.05, 4.69) is 28.4 Å². The van der Waals surface area contributed by atoms with Crippen molar-refractivity contribution in [1.29, 1.82) is 0 Å². The predicted octanol–water partition coefficient (Wildman–Crippen LogP) is 2.69. The van der Waals surface area contributed by atoms with Gasteiger partial charge in [-0.05, 0) is 43.4 Å². The quantitative estimate of drug-likeness (QED) is 0.800. The van der Waals surface area contributed by atoms with Crippen molar-refractivity contribution >= 4 is 6.29 Å². The second kappa shape index (κ2) is 3.84. The van der Waals surface area contributed by atoms with E-state index in [1.165, 1.54) is 24.0 Å². The number of hydrogen-bond donors (Lipinski definition) is 1.